The Balaban J connectivity index is 0.0000192. The quantitative estimate of drug-likeness (QED) is 0.0476. The maximum Gasteiger partial charge on any atom is 1.00 e. The van der Waals surface area contributed by atoms with Gasteiger partial charge in [-0.25, -0.2) is 0 Å². The van der Waals surface area contributed by atoms with Crippen molar-refractivity contribution in [3.05, 3.63) is 58.7 Å². The van der Waals surface area contributed by atoms with Crippen molar-refractivity contribution in [2.24, 2.45) is 0 Å². The fourth-order valence-electron chi connectivity index (χ4n) is 9.75. The van der Waals surface area contributed by atoms with Crippen LogP contribution in [0.4, 0.5) is 0 Å². The number of benzene rings is 2. The Morgan fingerprint density at radius 1 is 0.274 bits per heavy atom. The van der Waals surface area contributed by atoms with E-state index in [-0.39, 0.29) is 31.0 Å². The molecule has 0 radical (unpaired) electrons. The molecule has 0 spiro atoms. The van der Waals surface area contributed by atoms with Crippen LogP contribution in [0.25, 0.3) is 0 Å². The summed E-state index contributed by atoms with van der Waals surface area (Å²) in [7, 11) is 0. The maximum absolute atomic E-state index is 7.21. The van der Waals surface area contributed by atoms with Crippen molar-refractivity contribution in [3.63, 3.8) is 0 Å². The summed E-state index contributed by atoms with van der Waals surface area (Å²) in [5.74, 6) is 2.31. The largest absolute Gasteiger partial charge is 1.00 e. The molecule has 0 saturated carbocycles. The van der Waals surface area contributed by atoms with Crippen molar-refractivity contribution in [1.29, 1.82) is 0 Å². The van der Waals surface area contributed by atoms with Crippen molar-refractivity contribution in [3.8, 4) is 11.5 Å². The molecule has 0 heterocycles. The Morgan fingerprint density at radius 2 is 0.484 bits per heavy atom. The predicted molar refractivity (Wildman–Crippen MR) is 276 cm³/mol. The molecule has 0 bridgehead atoms. The zero-order valence-corrected chi connectivity index (χ0v) is 45.0. The van der Waals surface area contributed by atoms with E-state index in [1.165, 1.54) is 281 Å². The SMILES string of the molecule is CCCCCCCCCCCCc1cccc(Oc2cccc(CCCCCCCCCCCC)c2CCCCCCCCCCCC)c1CCCCCCCCCCCC.[H-].[Na+]. The number of hydrogen-bond acceptors (Lipinski definition) is 1. The van der Waals surface area contributed by atoms with E-state index < -0.39 is 0 Å². The molecule has 0 aromatic heterocycles. The number of ether oxygens (including phenoxy) is 1. The number of hydrogen-bond donors (Lipinski definition) is 0. The van der Waals surface area contributed by atoms with Gasteiger partial charge < -0.3 is 6.16 Å². The second kappa shape index (κ2) is 45.4. The minimum Gasteiger partial charge on any atom is -1.00 e. The molecule has 0 amide bonds. The van der Waals surface area contributed by atoms with Crippen LogP contribution in [0.1, 0.15) is 308 Å². The minimum atomic E-state index is 0. The molecule has 2 aromatic rings. The molecule has 0 saturated heterocycles. The van der Waals surface area contributed by atoms with Crippen molar-refractivity contribution in [2.45, 2.75) is 310 Å². The Morgan fingerprint density at radius 3 is 0.726 bits per heavy atom. The van der Waals surface area contributed by atoms with E-state index in [9.17, 15) is 0 Å². The van der Waals surface area contributed by atoms with Gasteiger partial charge in [0.25, 0.3) is 0 Å². The monoisotopic (exact) mass is 867 g/mol. The first kappa shape index (κ1) is 59.3. The average Bonchev–Trinajstić information content (AvgIpc) is 3.27. The van der Waals surface area contributed by atoms with E-state index in [1.807, 2.05) is 0 Å². The standard InChI is InChI=1S/C60H106O.Na.H/c1-5-9-13-17-21-25-29-33-37-41-47-55-49-45-53-59(57(55)51-43-39-35-31-27-23-19-15-11-7-3)61-60-54-46-50-56(48-42-38-34-30-26-22-18-14-10-6-2)58(60)52-44-40-36-32-28-24-20-16-12-8-4;;/h45-46,49-50,53-54H,5-44,47-48,51-52H2,1-4H3;;/q;+1;-1. The van der Waals surface area contributed by atoms with E-state index >= 15 is 0 Å². The first-order valence-electron chi connectivity index (χ1n) is 28.1. The van der Waals surface area contributed by atoms with E-state index in [2.05, 4.69) is 64.1 Å². The van der Waals surface area contributed by atoms with Gasteiger partial charge in [-0.05, 0) is 85.8 Å². The Hall–Kier alpha value is -0.760. The van der Waals surface area contributed by atoms with Crippen LogP contribution in [0.2, 0.25) is 0 Å². The Labute approximate surface area is 413 Å². The minimum absolute atomic E-state index is 0. The van der Waals surface area contributed by atoms with Gasteiger partial charge in [-0.15, -0.1) is 0 Å². The number of unbranched alkanes of at least 4 members (excludes halogenated alkanes) is 36. The van der Waals surface area contributed by atoms with Crippen molar-refractivity contribution in [2.75, 3.05) is 0 Å². The van der Waals surface area contributed by atoms with Crippen LogP contribution < -0.4 is 34.3 Å². The molecule has 2 rings (SSSR count). The van der Waals surface area contributed by atoms with Crippen LogP contribution in [-0.2, 0) is 25.7 Å². The molecule has 0 aliphatic rings. The smallest absolute Gasteiger partial charge is 1.00 e. The van der Waals surface area contributed by atoms with Crippen LogP contribution in [-0.4, -0.2) is 0 Å². The van der Waals surface area contributed by atoms with E-state index in [1.54, 1.807) is 11.1 Å². The molecular formula is C60H107NaO. The third-order valence-electron chi connectivity index (χ3n) is 13.8. The molecule has 0 aliphatic carbocycles. The van der Waals surface area contributed by atoms with Crippen molar-refractivity contribution >= 4 is 0 Å². The summed E-state index contributed by atoms with van der Waals surface area (Å²) in [6.07, 6.45) is 60.4. The summed E-state index contributed by atoms with van der Waals surface area (Å²) in [5, 5.41) is 0. The topological polar surface area (TPSA) is 9.23 Å². The first-order valence-corrected chi connectivity index (χ1v) is 28.1. The second-order valence-corrected chi connectivity index (χ2v) is 19.6. The zero-order chi connectivity index (χ0) is 43.5. The molecular weight excluding hydrogens is 760 g/mol. The molecule has 354 valence electrons. The van der Waals surface area contributed by atoms with Gasteiger partial charge in [-0.1, -0.05) is 283 Å². The normalized spacial score (nSPS) is 11.4. The van der Waals surface area contributed by atoms with Gasteiger partial charge in [-0.3, -0.25) is 0 Å². The maximum atomic E-state index is 7.21. The summed E-state index contributed by atoms with van der Waals surface area (Å²) < 4.78 is 7.21. The Bertz CT molecular complexity index is 1130. The van der Waals surface area contributed by atoms with Crippen LogP contribution in [0.5, 0.6) is 11.5 Å². The second-order valence-electron chi connectivity index (χ2n) is 19.6. The molecule has 0 N–H and O–H groups in total. The van der Waals surface area contributed by atoms with Gasteiger partial charge in [0.1, 0.15) is 11.5 Å². The van der Waals surface area contributed by atoms with Gasteiger partial charge in [0.2, 0.25) is 0 Å². The third kappa shape index (κ3) is 32.0. The molecule has 62 heavy (non-hydrogen) atoms. The van der Waals surface area contributed by atoms with E-state index in [0.29, 0.717) is 0 Å². The summed E-state index contributed by atoms with van der Waals surface area (Å²) in [4.78, 5) is 0. The molecule has 0 fully saturated rings. The van der Waals surface area contributed by atoms with Crippen molar-refractivity contribution < 1.29 is 35.7 Å². The number of aryl methyl sites for hydroxylation is 2. The molecule has 0 aliphatic heterocycles. The third-order valence-corrected chi connectivity index (χ3v) is 13.8. The van der Waals surface area contributed by atoms with Crippen molar-refractivity contribution in [1.82, 2.24) is 0 Å². The van der Waals surface area contributed by atoms with Gasteiger partial charge >= 0.3 is 29.6 Å². The van der Waals surface area contributed by atoms with Crippen LogP contribution >= 0.6 is 0 Å². The molecule has 1 nitrogen and oxygen atoms in total. The molecule has 2 heteroatoms. The first-order chi connectivity index (χ1) is 30.2. The average molecular weight is 868 g/mol. The van der Waals surface area contributed by atoms with Gasteiger partial charge in [-0.2, -0.15) is 0 Å². The fourth-order valence-corrected chi connectivity index (χ4v) is 9.75. The molecule has 2 aromatic carbocycles. The van der Waals surface area contributed by atoms with E-state index in [0.717, 1.165) is 24.3 Å². The summed E-state index contributed by atoms with van der Waals surface area (Å²) in [6.45, 7) is 9.28. The van der Waals surface area contributed by atoms with E-state index in [4.69, 9.17) is 4.74 Å². The summed E-state index contributed by atoms with van der Waals surface area (Å²) in [6, 6.07) is 14.1. The fraction of sp³-hybridized carbons (Fsp3) is 0.800. The van der Waals surface area contributed by atoms with Crippen LogP contribution in [0, 0.1) is 0 Å². The summed E-state index contributed by atoms with van der Waals surface area (Å²) in [5.41, 5.74) is 6.16. The van der Waals surface area contributed by atoms with Crippen LogP contribution in [0.15, 0.2) is 36.4 Å². The zero-order valence-electron chi connectivity index (χ0n) is 44.0. The summed E-state index contributed by atoms with van der Waals surface area (Å²) >= 11 is 0. The molecule has 0 atom stereocenters. The van der Waals surface area contributed by atoms with Gasteiger partial charge in [0.05, 0.1) is 0 Å². The van der Waals surface area contributed by atoms with Gasteiger partial charge in [0, 0.05) is 0 Å². The Kier molecular flexibility index (Phi) is 43.4. The molecule has 0 unspecified atom stereocenters. The predicted octanol–water partition coefficient (Wildman–Crippen LogP) is 18.4. The van der Waals surface area contributed by atoms with Crippen LogP contribution in [0.3, 0.4) is 0 Å². The number of rotatable bonds is 46. The van der Waals surface area contributed by atoms with Gasteiger partial charge in [0.15, 0.2) is 0 Å².